The average Bonchev–Trinajstić information content (AvgIpc) is 2.29. The zero-order valence-corrected chi connectivity index (χ0v) is 10.9. The van der Waals surface area contributed by atoms with E-state index in [1.807, 2.05) is 13.0 Å². The first-order valence-electron chi connectivity index (χ1n) is 6.26. The number of hydrogen-bond acceptors (Lipinski definition) is 2. The van der Waals surface area contributed by atoms with E-state index in [2.05, 4.69) is 19.2 Å². The number of nitrogens with one attached hydrogen (secondary N) is 1. The van der Waals surface area contributed by atoms with Crippen molar-refractivity contribution >= 4 is 0 Å². The highest BCUT2D eigenvalue weighted by atomic mass is 19.1. The number of halogens is 1. The fourth-order valence-electron chi connectivity index (χ4n) is 1.96. The van der Waals surface area contributed by atoms with E-state index in [0.29, 0.717) is 6.61 Å². The van der Waals surface area contributed by atoms with Gasteiger partial charge in [-0.1, -0.05) is 19.1 Å². The molecule has 1 aromatic carbocycles. The van der Waals surface area contributed by atoms with Crippen LogP contribution in [0.15, 0.2) is 24.3 Å². The maximum Gasteiger partial charge on any atom is 0.123 e. The molecule has 0 aliphatic carbocycles. The summed E-state index contributed by atoms with van der Waals surface area (Å²) in [7, 11) is 0. The van der Waals surface area contributed by atoms with Crippen LogP contribution in [0, 0.1) is 5.82 Å². The minimum absolute atomic E-state index is 0.128. The lowest BCUT2D eigenvalue weighted by Crippen LogP contribution is -2.41. The lowest BCUT2D eigenvalue weighted by Gasteiger charge is -2.24. The summed E-state index contributed by atoms with van der Waals surface area (Å²) >= 11 is 0. The molecule has 96 valence electrons. The van der Waals surface area contributed by atoms with Gasteiger partial charge in [0.15, 0.2) is 0 Å². The first kappa shape index (κ1) is 14.1. The second kappa shape index (κ2) is 7.41. The van der Waals surface area contributed by atoms with E-state index in [0.717, 1.165) is 18.5 Å². The third kappa shape index (κ3) is 4.84. The lowest BCUT2D eigenvalue weighted by molar-refractivity contribution is 0.0480. The van der Waals surface area contributed by atoms with Crippen LogP contribution in [0.2, 0.25) is 0 Å². The molecule has 2 unspecified atom stereocenters. The molecular weight excluding hydrogens is 217 g/mol. The van der Waals surface area contributed by atoms with Crippen LogP contribution < -0.4 is 5.32 Å². The van der Waals surface area contributed by atoms with Crippen molar-refractivity contribution in [3.05, 3.63) is 35.6 Å². The Hall–Kier alpha value is -0.930. The molecule has 0 saturated heterocycles. The first-order chi connectivity index (χ1) is 8.17. The Morgan fingerprint density at radius 1 is 1.35 bits per heavy atom. The smallest absolute Gasteiger partial charge is 0.123 e. The molecular formula is C14H22FNO. The monoisotopic (exact) mass is 239 g/mol. The largest absolute Gasteiger partial charge is 0.377 e. The number of ether oxygens (including phenoxy) is 1. The second-order valence-corrected chi connectivity index (χ2v) is 4.16. The van der Waals surface area contributed by atoms with Gasteiger partial charge in [0.25, 0.3) is 0 Å². The normalized spacial score (nSPS) is 14.6. The van der Waals surface area contributed by atoms with Crippen molar-refractivity contribution in [1.82, 2.24) is 5.32 Å². The van der Waals surface area contributed by atoms with Gasteiger partial charge in [0.2, 0.25) is 0 Å². The van der Waals surface area contributed by atoms with Gasteiger partial charge >= 0.3 is 0 Å². The first-order valence-corrected chi connectivity index (χ1v) is 6.26. The van der Waals surface area contributed by atoms with Crippen LogP contribution >= 0.6 is 0 Å². The predicted octanol–water partition coefficient (Wildman–Crippen LogP) is 2.77. The summed E-state index contributed by atoms with van der Waals surface area (Å²) in [6, 6.07) is 6.98. The molecule has 0 bridgehead atoms. The van der Waals surface area contributed by atoms with Crippen molar-refractivity contribution in [1.29, 1.82) is 0 Å². The van der Waals surface area contributed by atoms with E-state index in [1.54, 1.807) is 12.1 Å². The fraction of sp³-hybridized carbons (Fsp3) is 0.571. The summed E-state index contributed by atoms with van der Waals surface area (Å²) in [5.74, 6) is -0.179. The van der Waals surface area contributed by atoms with Gasteiger partial charge < -0.3 is 10.1 Å². The molecule has 0 radical (unpaired) electrons. The van der Waals surface area contributed by atoms with E-state index in [9.17, 15) is 4.39 Å². The van der Waals surface area contributed by atoms with Gasteiger partial charge in [-0.25, -0.2) is 4.39 Å². The molecule has 0 fully saturated rings. The minimum atomic E-state index is -0.179. The molecule has 0 aliphatic rings. The maximum absolute atomic E-state index is 13.1. The van der Waals surface area contributed by atoms with Crippen LogP contribution in [0.25, 0.3) is 0 Å². The fourth-order valence-corrected chi connectivity index (χ4v) is 1.96. The number of hydrogen-bond donors (Lipinski definition) is 1. The van der Waals surface area contributed by atoms with Crippen molar-refractivity contribution in [2.45, 2.75) is 39.3 Å². The SMILES string of the molecule is CCNC(Cc1cccc(F)c1)C(C)OCC. The van der Waals surface area contributed by atoms with Gasteiger partial charge in [0, 0.05) is 12.6 Å². The molecule has 0 aliphatic heterocycles. The number of benzene rings is 1. The van der Waals surface area contributed by atoms with Crippen molar-refractivity contribution in [3.8, 4) is 0 Å². The molecule has 0 aromatic heterocycles. The van der Waals surface area contributed by atoms with Crippen molar-refractivity contribution < 1.29 is 9.13 Å². The molecule has 3 heteroatoms. The van der Waals surface area contributed by atoms with Crippen LogP contribution in [-0.4, -0.2) is 25.3 Å². The quantitative estimate of drug-likeness (QED) is 0.790. The summed E-state index contributed by atoms with van der Waals surface area (Å²) < 4.78 is 18.7. The second-order valence-electron chi connectivity index (χ2n) is 4.16. The van der Waals surface area contributed by atoms with E-state index < -0.39 is 0 Å². The minimum Gasteiger partial charge on any atom is -0.377 e. The van der Waals surface area contributed by atoms with Gasteiger partial charge in [0.05, 0.1) is 6.10 Å². The molecule has 0 spiro atoms. The van der Waals surface area contributed by atoms with Crippen molar-refractivity contribution in [3.63, 3.8) is 0 Å². The third-order valence-electron chi connectivity index (χ3n) is 2.81. The van der Waals surface area contributed by atoms with Crippen LogP contribution in [0.5, 0.6) is 0 Å². The van der Waals surface area contributed by atoms with E-state index in [1.165, 1.54) is 6.07 Å². The number of rotatable bonds is 7. The Morgan fingerprint density at radius 2 is 2.12 bits per heavy atom. The molecule has 1 rings (SSSR count). The Kier molecular flexibility index (Phi) is 6.16. The average molecular weight is 239 g/mol. The van der Waals surface area contributed by atoms with Crippen LogP contribution in [0.3, 0.4) is 0 Å². The Morgan fingerprint density at radius 3 is 2.71 bits per heavy atom. The molecule has 1 N–H and O–H groups in total. The third-order valence-corrected chi connectivity index (χ3v) is 2.81. The van der Waals surface area contributed by atoms with E-state index in [4.69, 9.17) is 4.74 Å². The summed E-state index contributed by atoms with van der Waals surface area (Å²) in [6.07, 6.45) is 0.912. The van der Waals surface area contributed by atoms with Crippen LogP contribution in [0.1, 0.15) is 26.3 Å². The van der Waals surface area contributed by atoms with E-state index in [-0.39, 0.29) is 18.0 Å². The summed E-state index contributed by atoms with van der Waals surface area (Å²) in [5.41, 5.74) is 1.00. The van der Waals surface area contributed by atoms with Gasteiger partial charge in [0.1, 0.15) is 5.82 Å². The maximum atomic E-state index is 13.1. The topological polar surface area (TPSA) is 21.3 Å². The molecule has 1 aromatic rings. The molecule has 0 heterocycles. The van der Waals surface area contributed by atoms with Crippen molar-refractivity contribution in [2.24, 2.45) is 0 Å². The lowest BCUT2D eigenvalue weighted by atomic mass is 10.0. The molecule has 17 heavy (non-hydrogen) atoms. The Bertz CT molecular complexity index is 330. The Balaban J connectivity index is 2.65. The number of likely N-dealkylation sites (N-methyl/N-ethyl adjacent to an activating group) is 1. The molecule has 0 saturated carbocycles. The Labute approximate surface area is 103 Å². The van der Waals surface area contributed by atoms with Crippen molar-refractivity contribution in [2.75, 3.05) is 13.2 Å². The van der Waals surface area contributed by atoms with Gasteiger partial charge in [-0.2, -0.15) is 0 Å². The standard InChI is InChI=1S/C14H22FNO/c1-4-16-14(11(3)17-5-2)10-12-7-6-8-13(15)9-12/h6-9,11,14,16H,4-5,10H2,1-3H3. The molecule has 0 amide bonds. The van der Waals surface area contributed by atoms with Gasteiger partial charge in [-0.15, -0.1) is 0 Å². The molecule has 2 atom stereocenters. The predicted molar refractivity (Wildman–Crippen MR) is 68.7 cm³/mol. The molecule has 2 nitrogen and oxygen atoms in total. The summed E-state index contributed by atoms with van der Waals surface area (Å²) in [4.78, 5) is 0. The van der Waals surface area contributed by atoms with Gasteiger partial charge in [-0.05, 0) is 44.5 Å². The zero-order chi connectivity index (χ0) is 12.7. The summed E-state index contributed by atoms with van der Waals surface area (Å²) in [6.45, 7) is 7.69. The highest BCUT2D eigenvalue weighted by Gasteiger charge is 2.16. The zero-order valence-electron chi connectivity index (χ0n) is 10.9. The van der Waals surface area contributed by atoms with Crippen LogP contribution in [-0.2, 0) is 11.2 Å². The van der Waals surface area contributed by atoms with Crippen LogP contribution in [0.4, 0.5) is 4.39 Å². The van der Waals surface area contributed by atoms with E-state index >= 15 is 0 Å². The van der Waals surface area contributed by atoms with Gasteiger partial charge in [-0.3, -0.25) is 0 Å². The highest BCUT2D eigenvalue weighted by Crippen LogP contribution is 2.10. The highest BCUT2D eigenvalue weighted by molar-refractivity contribution is 5.17. The summed E-state index contributed by atoms with van der Waals surface area (Å²) in [5, 5.41) is 3.39.